The van der Waals surface area contributed by atoms with E-state index in [1.54, 1.807) is 14.2 Å². The summed E-state index contributed by atoms with van der Waals surface area (Å²) in [5.41, 5.74) is 1.32. The fourth-order valence-corrected chi connectivity index (χ4v) is 1.66. The Balaban J connectivity index is 2.05. The molecule has 0 bridgehead atoms. The van der Waals surface area contributed by atoms with E-state index in [9.17, 15) is 0 Å². The van der Waals surface area contributed by atoms with Gasteiger partial charge in [0.05, 0.1) is 26.6 Å². The van der Waals surface area contributed by atoms with E-state index in [1.165, 1.54) is 12.4 Å². The molecule has 0 radical (unpaired) electrons. The van der Waals surface area contributed by atoms with Crippen molar-refractivity contribution >= 4 is 5.82 Å². The Hall–Kier alpha value is -2.81. The fraction of sp³-hybridized carbons (Fsp3) is 0.214. The second-order valence-corrected chi connectivity index (χ2v) is 3.94. The fourth-order valence-electron chi connectivity index (χ4n) is 1.66. The van der Waals surface area contributed by atoms with Gasteiger partial charge in [0.25, 0.3) is 0 Å². The lowest BCUT2D eigenvalue weighted by Gasteiger charge is -2.10. The van der Waals surface area contributed by atoms with Crippen LogP contribution in [0.5, 0.6) is 11.5 Å². The van der Waals surface area contributed by atoms with Crippen molar-refractivity contribution in [2.24, 2.45) is 0 Å². The first kappa shape index (κ1) is 13.6. The molecule has 6 heteroatoms. The Morgan fingerprint density at radius 1 is 1.15 bits per heavy atom. The molecule has 1 N–H and O–H groups in total. The Kier molecular flexibility index (Phi) is 4.35. The second kappa shape index (κ2) is 6.38. The quantitative estimate of drug-likeness (QED) is 0.894. The maximum Gasteiger partial charge on any atom is 0.161 e. The molecule has 0 amide bonds. The standard InChI is InChI=1S/C14H14N4O2/c1-19-12-4-3-10(5-13(12)20-2)7-17-14-9-16-11(6-15)8-18-14/h3-5,8-9H,7H2,1-2H3,(H,17,18). The molecule has 0 saturated carbocycles. The van der Waals surface area contributed by atoms with Crippen molar-refractivity contribution in [1.29, 1.82) is 5.26 Å². The van der Waals surface area contributed by atoms with Crippen LogP contribution in [0.4, 0.5) is 5.82 Å². The van der Waals surface area contributed by atoms with Gasteiger partial charge in [0.2, 0.25) is 0 Å². The normalized spacial score (nSPS) is 9.65. The predicted octanol–water partition coefficient (Wildman–Crippen LogP) is 1.98. The number of benzene rings is 1. The lowest BCUT2D eigenvalue weighted by molar-refractivity contribution is 0.354. The highest BCUT2D eigenvalue weighted by atomic mass is 16.5. The lowest BCUT2D eigenvalue weighted by Crippen LogP contribution is -2.03. The molecule has 0 spiro atoms. The number of hydrogen-bond donors (Lipinski definition) is 1. The van der Waals surface area contributed by atoms with Gasteiger partial charge in [-0.05, 0) is 17.7 Å². The summed E-state index contributed by atoms with van der Waals surface area (Å²) < 4.78 is 10.4. The van der Waals surface area contributed by atoms with E-state index >= 15 is 0 Å². The number of hydrogen-bond acceptors (Lipinski definition) is 6. The van der Waals surface area contributed by atoms with Gasteiger partial charge in [-0.25, -0.2) is 9.97 Å². The van der Waals surface area contributed by atoms with Gasteiger partial charge in [0.1, 0.15) is 11.9 Å². The van der Waals surface area contributed by atoms with E-state index in [1.807, 2.05) is 24.3 Å². The van der Waals surface area contributed by atoms with Crippen LogP contribution in [0.1, 0.15) is 11.3 Å². The first-order valence-electron chi connectivity index (χ1n) is 5.93. The van der Waals surface area contributed by atoms with E-state index in [2.05, 4.69) is 15.3 Å². The minimum atomic E-state index is 0.293. The van der Waals surface area contributed by atoms with Crippen LogP contribution in [0, 0.1) is 11.3 Å². The minimum Gasteiger partial charge on any atom is -0.493 e. The van der Waals surface area contributed by atoms with Gasteiger partial charge in [0, 0.05) is 6.54 Å². The monoisotopic (exact) mass is 270 g/mol. The molecule has 1 aromatic carbocycles. The maximum atomic E-state index is 8.64. The summed E-state index contributed by atoms with van der Waals surface area (Å²) in [6, 6.07) is 7.60. The van der Waals surface area contributed by atoms with Gasteiger partial charge in [-0.3, -0.25) is 0 Å². The van der Waals surface area contributed by atoms with Crippen LogP contribution < -0.4 is 14.8 Å². The number of methoxy groups -OCH3 is 2. The van der Waals surface area contributed by atoms with Crippen molar-refractivity contribution in [3.8, 4) is 17.6 Å². The summed E-state index contributed by atoms with van der Waals surface area (Å²) in [5, 5.41) is 11.8. The van der Waals surface area contributed by atoms with Gasteiger partial charge in [-0.1, -0.05) is 6.07 Å². The zero-order chi connectivity index (χ0) is 14.4. The number of nitriles is 1. The Morgan fingerprint density at radius 3 is 2.55 bits per heavy atom. The van der Waals surface area contributed by atoms with Gasteiger partial charge >= 0.3 is 0 Å². The van der Waals surface area contributed by atoms with Crippen molar-refractivity contribution in [2.75, 3.05) is 19.5 Å². The first-order valence-corrected chi connectivity index (χ1v) is 5.93. The van der Waals surface area contributed by atoms with Crippen LogP contribution in [-0.4, -0.2) is 24.2 Å². The van der Waals surface area contributed by atoms with Crippen LogP contribution >= 0.6 is 0 Å². The van der Waals surface area contributed by atoms with E-state index < -0.39 is 0 Å². The molecule has 0 atom stereocenters. The second-order valence-electron chi connectivity index (χ2n) is 3.94. The van der Waals surface area contributed by atoms with Gasteiger partial charge in [0.15, 0.2) is 17.2 Å². The number of ether oxygens (including phenoxy) is 2. The van der Waals surface area contributed by atoms with Crippen molar-refractivity contribution in [3.63, 3.8) is 0 Å². The maximum absolute atomic E-state index is 8.64. The molecule has 6 nitrogen and oxygen atoms in total. The summed E-state index contributed by atoms with van der Waals surface area (Å²) in [5.74, 6) is 1.98. The summed E-state index contributed by atoms with van der Waals surface area (Å²) in [6.07, 6.45) is 2.95. The highest BCUT2D eigenvalue weighted by molar-refractivity contribution is 5.44. The molecule has 2 aromatic rings. The van der Waals surface area contributed by atoms with Gasteiger partial charge < -0.3 is 14.8 Å². The number of nitrogens with one attached hydrogen (secondary N) is 1. The van der Waals surface area contributed by atoms with Crippen LogP contribution in [0.3, 0.4) is 0 Å². The summed E-state index contributed by atoms with van der Waals surface area (Å²) in [6.45, 7) is 0.570. The molecule has 0 fully saturated rings. The molecule has 0 aliphatic carbocycles. The van der Waals surface area contributed by atoms with Gasteiger partial charge in [-0.2, -0.15) is 5.26 Å². The largest absolute Gasteiger partial charge is 0.493 e. The third-order valence-corrected chi connectivity index (χ3v) is 2.69. The van der Waals surface area contributed by atoms with Crippen LogP contribution in [0.15, 0.2) is 30.6 Å². The molecule has 20 heavy (non-hydrogen) atoms. The molecular weight excluding hydrogens is 256 g/mol. The zero-order valence-corrected chi connectivity index (χ0v) is 11.3. The number of aromatic nitrogens is 2. The topological polar surface area (TPSA) is 80.1 Å². The van der Waals surface area contributed by atoms with Crippen LogP contribution in [0.2, 0.25) is 0 Å². The summed E-state index contributed by atoms with van der Waals surface area (Å²) in [4.78, 5) is 8.03. The van der Waals surface area contributed by atoms with Crippen LogP contribution in [0.25, 0.3) is 0 Å². The van der Waals surface area contributed by atoms with Crippen molar-refractivity contribution in [1.82, 2.24) is 9.97 Å². The molecule has 0 saturated heterocycles. The zero-order valence-electron chi connectivity index (χ0n) is 11.3. The van der Waals surface area contributed by atoms with E-state index in [0.29, 0.717) is 29.6 Å². The predicted molar refractivity (Wildman–Crippen MR) is 73.6 cm³/mol. The van der Waals surface area contributed by atoms with Crippen molar-refractivity contribution < 1.29 is 9.47 Å². The third-order valence-electron chi connectivity index (χ3n) is 2.69. The van der Waals surface area contributed by atoms with E-state index in [4.69, 9.17) is 14.7 Å². The van der Waals surface area contributed by atoms with Crippen molar-refractivity contribution in [2.45, 2.75) is 6.54 Å². The molecule has 102 valence electrons. The Bertz CT molecular complexity index is 620. The SMILES string of the molecule is COc1ccc(CNc2cnc(C#N)cn2)cc1OC. The number of nitrogens with zero attached hydrogens (tertiary/aromatic N) is 3. The average Bonchev–Trinajstić information content (AvgIpc) is 2.53. The molecular formula is C14H14N4O2. The minimum absolute atomic E-state index is 0.293. The number of rotatable bonds is 5. The van der Waals surface area contributed by atoms with Crippen molar-refractivity contribution in [3.05, 3.63) is 41.9 Å². The lowest BCUT2D eigenvalue weighted by atomic mass is 10.2. The molecule has 1 aromatic heterocycles. The third kappa shape index (κ3) is 3.14. The molecule has 0 aliphatic rings. The van der Waals surface area contributed by atoms with Crippen LogP contribution in [-0.2, 0) is 6.54 Å². The summed E-state index contributed by atoms with van der Waals surface area (Å²) in [7, 11) is 3.20. The van der Waals surface area contributed by atoms with E-state index in [0.717, 1.165) is 5.56 Å². The smallest absolute Gasteiger partial charge is 0.161 e. The highest BCUT2D eigenvalue weighted by Crippen LogP contribution is 2.27. The molecule has 2 rings (SSSR count). The molecule has 0 unspecified atom stereocenters. The van der Waals surface area contributed by atoms with Gasteiger partial charge in [-0.15, -0.1) is 0 Å². The first-order chi connectivity index (χ1) is 9.76. The van der Waals surface area contributed by atoms with E-state index in [-0.39, 0.29) is 0 Å². The average molecular weight is 270 g/mol. The Labute approximate surface area is 117 Å². The Morgan fingerprint density at radius 2 is 1.95 bits per heavy atom. The molecule has 1 heterocycles. The number of anilines is 1. The highest BCUT2D eigenvalue weighted by Gasteiger charge is 2.04. The molecule has 0 aliphatic heterocycles. The summed E-state index contributed by atoms with van der Waals surface area (Å²) >= 11 is 0.